The van der Waals surface area contributed by atoms with Crippen molar-refractivity contribution in [1.82, 2.24) is 0 Å². The first-order valence-corrected chi connectivity index (χ1v) is 6.89. The Kier molecular flexibility index (Phi) is 4.46. The molecule has 0 radical (unpaired) electrons. The number of rotatable bonds is 4. The Hall–Kier alpha value is -1.80. The quantitative estimate of drug-likeness (QED) is 0.907. The van der Waals surface area contributed by atoms with Gasteiger partial charge in [0.2, 0.25) is 0 Å². The van der Waals surface area contributed by atoms with Gasteiger partial charge in [-0.3, -0.25) is 4.79 Å². The van der Waals surface area contributed by atoms with E-state index in [1.807, 2.05) is 26.0 Å². The minimum absolute atomic E-state index is 0.484. The number of carbonyl (C=O) groups is 1. The van der Waals surface area contributed by atoms with E-state index in [4.69, 9.17) is 11.6 Å². The summed E-state index contributed by atoms with van der Waals surface area (Å²) in [5.74, 6) is -1.36. The zero-order valence-electron chi connectivity index (χ0n) is 11.6. The van der Waals surface area contributed by atoms with E-state index in [0.29, 0.717) is 11.4 Å². The van der Waals surface area contributed by atoms with Gasteiger partial charge in [0.1, 0.15) is 0 Å². The fourth-order valence-corrected chi connectivity index (χ4v) is 2.34. The number of carboxylic acids is 1. The van der Waals surface area contributed by atoms with Crippen LogP contribution in [0.15, 0.2) is 42.5 Å². The summed E-state index contributed by atoms with van der Waals surface area (Å²) < 4.78 is 0. The average Bonchev–Trinajstić information content (AvgIpc) is 2.41. The second-order valence-corrected chi connectivity index (χ2v) is 5.50. The minimum atomic E-state index is -0.814. The molecule has 2 aromatic carbocycles. The van der Waals surface area contributed by atoms with Crippen molar-refractivity contribution in [2.24, 2.45) is 0 Å². The summed E-state index contributed by atoms with van der Waals surface area (Å²) in [4.78, 5) is 11.5. The van der Waals surface area contributed by atoms with Gasteiger partial charge in [-0.1, -0.05) is 41.9 Å². The molecule has 20 heavy (non-hydrogen) atoms. The fraction of sp³-hybridized carbons (Fsp3) is 0.235. The predicted molar refractivity (Wildman–Crippen MR) is 81.4 cm³/mol. The van der Waals surface area contributed by atoms with Crippen LogP contribution >= 0.6 is 11.6 Å². The summed E-state index contributed by atoms with van der Waals surface area (Å²) in [6.07, 6.45) is 0.484. The van der Waals surface area contributed by atoms with Gasteiger partial charge >= 0.3 is 5.97 Å². The lowest BCUT2D eigenvalue weighted by Crippen LogP contribution is -2.14. The highest BCUT2D eigenvalue weighted by Crippen LogP contribution is 2.24. The van der Waals surface area contributed by atoms with E-state index in [-0.39, 0.29) is 0 Å². The Balaban J connectivity index is 2.27. The molecule has 1 atom stereocenters. The number of halogens is 1. The van der Waals surface area contributed by atoms with E-state index in [1.54, 1.807) is 24.3 Å². The van der Waals surface area contributed by atoms with Crippen molar-refractivity contribution in [2.75, 3.05) is 0 Å². The van der Waals surface area contributed by atoms with Crippen molar-refractivity contribution in [3.63, 3.8) is 0 Å². The van der Waals surface area contributed by atoms with E-state index >= 15 is 0 Å². The number of aryl methyl sites for hydroxylation is 2. The van der Waals surface area contributed by atoms with Gasteiger partial charge in [-0.05, 0) is 54.7 Å². The van der Waals surface area contributed by atoms with E-state index in [9.17, 15) is 9.90 Å². The Bertz CT molecular complexity index is 617. The van der Waals surface area contributed by atoms with Crippen molar-refractivity contribution in [2.45, 2.75) is 26.2 Å². The monoisotopic (exact) mass is 288 g/mol. The third kappa shape index (κ3) is 3.40. The topological polar surface area (TPSA) is 37.3 Å². The maximum Gasteiger partial charge on any atom is 0.311 e. The molecule has 0 heterocycles. The molecule has 0 fully saturated rings. The van der Waals surface area contributed by atoms with Crippen molar-refractivity contribution in [3.8, 4) is 0 Å². The molecular formula is C17H17ClO2. The number of hydrogen-bond acceptors (Lipinski definition) is 1. The molecule has 0 saturated carbocycles. The molecule has 3 heteroatoms. The van der Waals surface area contributed by atoms with Crippen LogP contribution in [0, 0.1) is 13.8 Å². The summed E-state index contributed by atoms with van der Waals surface area (Å²) in [6, 6.07) is 13.1. The Labute approximate surface area is 124 Å². The van der Waals surface area contributed by atoms with Gasteiger partial charge in [-0.15, -0.1) is 0 Å². The molecular weight excluding hydrogens is 272 g/mol. The van der Waals surface area contributed by atoms with Crippen LogP contribution in [0.25, 0.3) is 0 Å². The SMILES string of the molecule is Cc1ccc(C[C@@H](C(=O)O)c2ccc(Cl)cc2)cc1C. The molecule has 0 aliphatic rings. The Morgan fingerprint density at radius 3 is 2.30 bits per heavy atom. The lowest BCUT2D eigenvalue weighted by molar-refractivity contribution is -0.138. The largest absolute Gasteiger partial charge is 0.481 e. The highest BCUT2D eigenvalue weighted by Gasteiger charge is 2.20. The second kappa shape index (κ2) is 6.10. The van der Waals surface area contributed by atoms with Gasteiger partial charge in [-0.25, -0.2) is 0 Å². The van der Waals surface area contributed by atoms with Crippen LogP contribution in [0.4, 0.5) is 0 Å². The number of carboxylic acid groups (broad SMARTS) is 1. The van der Waals surface area contributed by atoms with E-state index in [2.05, 4.69) is 6.07 Å². The van der Waals surface area contributed by atoms with Crippen LogP contribution in [0.2, 0.25) is 5.02 Å². The van der Waals surface area contributed by atoms with Crippen LogP contribution in [-0.4, -0.2) is 11.1 Å². The molecule has 0 aromatic heterocycles. The standard InChI is InChI=1S/C17H17ClO2/c1-11-3-4-13(9-12(11)2)10-16(17(19)20)14-5-7-15(18)8-6-14/h3-9,16H,10H2,1-2H3,(H,19,20)/t16-/m1/s1. The summed E-state index contributed by atoms with van der Waals surface area (Å²) in [5, 5.41) is 10.1. The van der Waals surface area contributed by atoms with Crippen molar-refractivity contribution in [3.05, 3.63) is 69.7 Å². The zero-order valence-corrected chi connectivity index (χ0v) is 12.3. The molecule has 0 saturated heterocycles. The molecule has 0 spiro atoms. The van der Waals surface area contributed by atoms with Gasteiger partial charge < -0.3 is 5.11 Å². The molecule has 2 rings (SSSR count). The molecule has 104 valence electrons. The average molecular weight is 289 g/mol. The molecule has 2 aromatic rings. The van der Waals surface area contributed by atoms with Crippen molar-refractivity contribution in [1.29, 1.82) is 0 Å². The smallest absolute Gasteiger partial charge is 0.311 e. The third-order valence-electron chi connectivity index (χ3n) is 3.58. The van der Waals surface area contributed by atoms with Crippen LogP contribution in [0.3, 0.4) is 0 Å². The van der Waals surface area contributed by atoms with Gasteiger partial charge in [0.25, 0.3) is 0 Å². The number of hydrogen-bond donors (Lipinski definition) is 1. The third-order valence-corrected chi connectivity index (χ3v) is 3.83. The zero-order chi connectivity index (χ0) is 14.7. The van der Waals surface area contributed by atoms with Crippen molar-refractivity contribution >= 4 is 17.6 Å². The fourth-order valence-electron chi connectivity index (χ4n) is 2.21. The van der Waals surface area contributed by atoms with Crippen LogP contribution in [0.5, 0.6) is 0 Å². The summed E-state index contributed by atoms with van der Waals surface area (Å²) >= 11 is 5.85. The number of benzene rings is 2. The van der Waals surface area contributed by atoms with Gasteiger partial charge in [0.15, 0.2) is 0 Å². The Morgan fingerprint density at radius 1 is 1.10 bits per heavy atom. The van der Waals surface area contributed by atoms with Crippen LogP contribution in [0.1, 0.15) is 28.2 Å². The van der Waals surface area contributed by atoms with E-state index < -0.39 is 11.9 Å². The van der Waals surface area contributed by atoms with Gasteiger partial charge in [0.05, 0.1) is 5.92 Å². The van der Waals surface area contributed by atoms with Crippen molar-refractivity contribution < 1.29 is 9.90 Å². The van der Waals surface area contributed by atoms with Crippen LogP contribution < -0.4 is 0 Å². The molecule has 0 aliphatic carbocycles. The molecule has 0 amide bonds. The number of aliphatic carboxylic acids is 1. The predicted octanol–water partition coefficient (Wildman–Crippen LogP) is 4.37. The summed E-state index contributed by atoms with van der Waals surface area (Å²) in [6.45, 7) is 4.09. The van der Waals surface area contributed by atoms with Gasteiger partial charge in [0, 0.05) is 5.02 Å². The highest BCUT2D eigenvalue weighted by molar-refractivity contribution is 6.30. The van der Waals surface area contributed by atoms with Crippen LogP contribution in [-0.2, 0) is 11.2 Å². The van der Waals surface area contributed by atoms with E-state index in [1.165, 1.54) is 11.1 Å². The lowest BCUT2D eigenvalue weighted by atomic mass is 9.91. The molecule has 0 aliphatic heterocycles. The highest BCUT2D eigenvalue weighted by atomic mass is 35.5. The molecule has 1 N–H and O–H groups in total. The minimum Gasteiger partial charge on any atom is -0.481 e. The van der Waals surface area contributed by atoms with E-state index in [0.717, 1.165) is 11.1 Å². The summed E-state index contributed by atoms with van der Waals surface area (Å²) in [7, 11) is 0. The normalized spacial score (nSPS) is 12.2. The first kappa shape index (κ1) is 14.6. The molecule has 2 nitrogen and oxygen atoms in total. The first-order chi connectivity index (χ1) is 9.47. The molecule has 0 unspecified atom stereocenters. The van der Waals surface area contributed by atoms with Gasteiger partial charge in [-0.2, -0.15) is 0 Å². The summed E-state index contributed by atoms with van der Waals surface area (Å²) in [5.41, 5.74) is 4.21. The maximum absolute atomic E-state index is 11.5. The lowest BCUT2D eigenvalue weighted by Gasteiger charge is -2.14. The second-order valence-electron chi connectivity index (χ2n) is 5.07. The Morgan fingerprint density at radius 2 is 1.75 bits per heavy atom. The molecule has 0 bridgehead atoms. The first-order valence-electron chi connectivity index (χ1n) is 6.52. The maximum atomic E-state index is 11.5.